The molecule has 27 heavy (non-hydrogen) atoms. The summed E-state index contributed by atoms with van der Waals surface area (Å²) >= 11 is 0. The molecule has 146 valence electrons. The number of nitrogen functional groups attached to an aromatic ring is 1. The molecule has 0 saturated carbocycles. The minimum absolute atomic E-state index is 0.223. The van der Waals surface area contributed by atoms with Gasteiger partial charge in [0.05, 0.1) is 11.0 Å². The number of ether oxygens (including phenoxy) is 1. The van der Waals surface area contributed by atoms with E-state index in [1.165, 1.54) is 0 Å². The van der Waals surface area contributed by atoms with Gasteiger partial charge in [0.15, 0.2) is 11.6 Å². The molecule has 1 aliphatic heterocycles. The lowest BCUT2D eigenvalue weighted by atomic mass is 9.96. The number of likely N-dealkylation sites (tertiary alicyclic amines) is 1. The number of piperidine rings is 1. The topological polar surface area (TPSA) is 84.6 Å². The Labute approximate surface area is 160 Å². The van der Waals surface area contributed by atoms with Gasteiger partial charge in [-0.1, -0.05) is 12.1 Å². The van der Waals surface area contributed by atoms with Crippen LogP contribution in [-0.2, 0) is 4.74 Å². The lowest BCUT2D eigenvalue weighted by Gasteiger charge is -2.35. The molecular weight excluding hydrogens is 342 g/mol. The molecule has 2 aromatic rings. The molecule has 0 bridgehead atoms. The number of hydrogen-bond donors (Lipinski definition) is 1. The second-order valence-corrected chi connectivity index (χ2v) is 8.21. The zero-order valence-electron chi connectivity index (χ0n) is 16.6. The average molecular weight is 371 g/mol. The van der Waals surface area contributed by atoms with Crippen LogP contribution in [0.3, 0.4) is 0 Å². The largest absolute Gasteiger partial charge is 0.444 e. The highest BCUT2D eigenvalue weighted by molar-refractivity contribution is 5.79. The number of carbonyl (C=O) groups excluding carboxylic acids is 1. The average Bonchev–Trinajstić information content (AvgIpc) is 2.60. The highest BCUT2D eigenvalue weighted by atomic mass is 16.6. The maximum absolute atomic E-state index is 12.2. The first-order valence-corrected chi connectivity index (χ1v) is 9.44. The third-order valence-corrected chi connectivity index (χ3v) is 4.74. The quantitative estimate of drug-likeness (QED) is 0.891. The van der Waals surface area contributed by atoms with Crippen molar-refractivity contribution in [3.05, 3.63) is 24.3 Å². The molecule has 2 N–H and O–H groups in total. The minimum atomic E-state index is -0.458. The fourth-order valence-corrected chi connectivity index (χ4v) is 3.38. The van der Waals surface area contributed by atoms with Gasteiger partial charge in [-0.25, -0.2) is 14.8 Å². The number of fused-ring (bicyclic) bond motifs is 1. The van der Waals surface area contributed by atoms with Crippen molar-refractivity contribution in [2.45, 2.75) is 39.2 Å². The van der Waals surface area contributed by atoms with E-state index in [2.05, 4.69) is 14.9 Å². The summed E-state index contributed by atoms with van der Waals surface area (Å²) in [6.07, 6.45) is 1.65. The van der Waals surface area contributed by atoms with Crippen LogP contribution < -0.4 is 10.6 Å². The first-order valence-electron chi connectivity index (χ1n) is 9.44. The second kappa shape index (κ2) is 7.58. The van der Waals surface area contributed by atoms with Gasteiger partial charge >= 0.3 is 6.09 Å². The number of aromatic nitrogens is 2. The van der Waals surface area contributed by atoms with Crippen LogP contribution in [0.25, 0.3) is 11.0 Å². The smallest absolute Gasteiger partial charge is 0.410 e. The maximum Gasteiger partial charge on any atom is 0.410 e. The Kier molecular flexibility index (Phi) is 5.39. The van der Waals surface area contributed by atoms with E-state index < -0.39 is 5.60 Å². The van der Waals surface area contributed by atoms with Gasteiger partial charge in [0, 0.05) is 26.7 Å². The van der Waals surface area contributed by atoms with Crippen LogP contribution >= 0.6 is 0 Å². The number of rotatable bonds is 3. The number of nitrogens with two attached hydrogens (primary N) is 1. The number of hydrogen-bond acceptors (Lipinski definition) is 6. The van der Waals surface area contributed by atoms with Crippen molar-refractivity contribution in [2.75, 3.05) is 37.3 Å². The summed E-state index contributed by atoms with van der Waals surface area (Å²) in [5.74, 6) is 1.63. The number of nitrogens with zero attached hydrogens (tertiary/aromatic N) is 4. The normalized spacial score (nSPS) is 15.8. The lowest BCUT2D eigenvalue weighted by molar-refractivity contribution is 0.0186. The van der Waals surface area contributed by atoms with Crippen molar-refractivity contribution in [3.63, 3.8) is 0 Å². The fourth-order valence-electron chi connectivity index (χ4n) is 3.38. The van der Waals surface area contributed by atoms with E-state index in [0.717, 1.165) is 30.4 Å². The Morgan fingerprint density at radius 1 is 1.22 bits per heavy atom. The lowest BCUT2D eigenvalue weighted by Crippen LogP contribution is -2.43. The molecule has 1 fully saturated rings. The molecule has 1 aromatic carbocycles. The monoisotopic (exact) mass is 371 g/mol. The van der Waals surface area contributed by atoms with Gasteiger partial charge < -0.3 is 20.3 Å². The van der Waals surface area contributed by atoms with Gasteiger partial charge in [-0.15, -0.1) is 0 Å². The van der Waals surface area contributed by atoms with Crippen molar-refractivity contribution in [2.24, 2.45) is 5.92 Å². The summed E-state index contributed by atoms with van der Waals surface area (Å²) < 4.78 is 5.46. The second-order valence-electron chi connectivity index (χ2n) is 8.21. The molecule has 1 saturated heterocycles. The van der Waals surface area contributed by atoms with E-state index in [4.69, 9.17) is 10.5 Å². The van der Waals surface area contributed by atoms with E-state index in [1.807, 2.05) is 52.1 Å². The SMILES string of the molecule is CN(CC1CCN(C(=O)OC(C)(C)C)CC1)c1nc2ccccc2nc1N. The summed E-state index contributed by atoms with van der Waals surface area (Å²) in [5, 5.41) is 0. The minimum Gasteiger partial charge on any atom is -0.444 e. The molecule has 1 aliphatic rings. The van der Waals surface area contributed by atoms with Crippen molar-refractivity contribution in [1.29, 1.82) is 0 Å². The fraction of sp³-hybridized carbons (Fsp3) is 0.550. The zero-order valence-corrected chi connectivity index (χ0v) is 16.6. The van der Waals surface area contributed by atoms with Gasteiger partial charge in [-0.2, -0.15) is 0 Å². The summed E-state index contributed by atoms with van der Waals surface area (Å²) in [6, 6.07) is 7.73. The van der Waals surface area contributed by atoms with Crippen molar-refractivity contribution < 1.29 is 9.53 Å². The molecule has 0 spiro atoms. The predicted octanol–water partition coefficient (Wildman–Crippen LogP) is 3.30. The number of benzene rings is 1. The molecule has 0 radical (unpaired) electrons. The molecular formula is C20H29N5O2. The number of carbonyl (C=O) groups is 1. The van der Waals surface area contributed by atoms with Crippen molar-refractivity contribution in [1.82, 2.24) is 14.9 Å². The molecule has 7 nitrogen and oxygen atoms in total. The Morgan fingerprint density at radius 3 is 2.41 bits per heavy atom. The molecule has 1 aromatic heterocycles. The molecule has 0 aliphatic carbocycles. The van der Waals surface area contributed by atoms with E-state index in [9.17, 15) is 4.79 Å². The number of anilines is 2. The first-order chi connectivity index (χ1) is 12.7. The highest BCUT2D eigenvalue weighted by Crippen LogP contribution is 2.25. The van der Waals surface area contributed by atoms with Crippen LogP contribution in [0.15, 0.2) is 24.3 Å². The predicted molar refractivity (Wildman–Crippen MR) is 108 cm³/mol. The van der Waals surface area contributed by atoms with E-state index in [1.54, 1.807) is 4.90 Å². The van der Waals surface area contributed by atoms with E-state index >= 15 is 0 Å². The van der Waals surface area contributed by atoms with E-state index in [-0.39, 0.29) is 6.09 Å². The summed E-state index contributed by atoms with van der Waals surface area (Å²) in [5.41, 5.74) is 7.32. The van der Waals surface area contributed by atoms with Gasteiger partial charge in [0.25, 0.3) is 0 Å². The number of amides is 1. The van der Waals surface area contributed by atoms with Crippen LogP contribution in [0.2, 0.25) is 0 Å². The first kappa shape index (κ1) is 19.2. The summed E-state index contributed by atoms with van der Waals surface area (Å²) in [4.78, 5) is 25.2. The maximum atomic E-state index is 12.2. The zero-order chi connectivity index (χ0) is 19.6. The standard InChI is InChI=1S/C20H29N5O2/c1-20(2,3)27-19(26)25-11-9-14(10-12-25)13-24(4)18-17(21)22-15-7-5-6-8-16(15)23-18/h5-8,14H,9-13H2,1-4H3,(H2,21,22). The Balaban J connectivity index is 1.59. The van der Waals surface area contributed by atoms with Gasteiger partial charge in [0.2, 0.25) is 0 Å². The molecule has 3 rings (SSSR count). The third-order valence-electron chi connectivity index (χ3n) is 4.74. The Bertz CT molecular complexity index is 810. The van der Waals surface area contributed by atoms with Crippen LogP contribution in [-0.4, -0.2) is 53.2 Å². The molecule has 7 heteroatoms. The van der Waals surface area contributed by atoms with Gasteiger partial charge in [0.1, 0.15) is 5.60 Å². The highest BCUT2D eigenvalue weighted by Gasteiger charge is 2.27. The molecule has 1 amide bonds. The van der Waals surface area contributed by atoms with Crippen molar-refractivity contribution >= 4 is 28.8 Å². The van der Waals surface area contributed by atoms with Crippen LogP contribution in [0.1, 0.15) is 33.6 Å². The Hall–Kier alpha value is -2.57. The molecule has 0 unspecified atom stereocenters. The van der Waals surface area contributed by atoms with Crippen LogP contribution in [0.4, 0.5) is 16.4 Å². The molecule has 2 heterocycles. The van der Waals surface area contributed by atoms with E-state index in [0.29, 0.717) is 30.6 Å². The summed E-state index contributed by atoms with van der Waals surface area (Å²) in [7, 11) is 2.00. The van der Waals surface area contributed by atoms with Gasteiger partial charge in [-0.3, -0.25) is 0 Å². The van der Waals surface area contributed by atoms with Gasteiger partial charge in [-0.05, 0) is 51.7 Å². The molecule has 0 atom stereocenters. The number of para-hydroxylation sites is 2. The summed E-state index contributed by atoms with van der Waals surface area (Å²) in [6.45, 7) is 7.93. The third kappa shape index (κ3) is 4.78. The van der Waals surface area contributed by atoms with Crippen LogP contribution in [0.5, 0.6) is 0 Å². The van der Waals surface area contributed by atoms with Crippen LogP contribution in [0, 0.1) is 5.92 Å². The Morgan fingerprint density at radius 2 is 1.81 bits per heavy atom. The van der Waals surface area contributed by atoms with Crippen molar-refractivity contribution in [3.8, 4) is 0 Å².